The highest BCUT2D eigenvalue weighted by atomic mass is 32.2. The van der Waals surface area contributed by atoms with E-state index < -0.39 is 22.1 Å². The molecule has 0 saturated carbocycles. The van der Waals surface area contributed by atoms with E-state index in [0.717, 1.165) is 5.84 Å². The number of fused-ring (bicyclic) bond motifs is 1. The first-order valence-electron chi connectivity index (χ1n) is 7.71. The zero-order valence-corrected chi connectivity index (χ0v) is 15.1. The third kappa shape index (κ3) is 3.00. The van der Waals surface area contributed by atoms with E-state index >= 15 is 0 Å². The zero-order chi connectivity index (χ0) is 17.5. The van der Waals surface area contributed by atoms with Crippen molar-refractivity contribution in [3.8, 4) is 0 Å². The Kier molecular flexibility index (Phi) is 5.01. The summed E-state index contributed by atoms with van der Waals surface area (Å²) >= 11 is 2.61. The Bertz CT molecular complexity index is 573. The number of hydrogen-bond acceptors (Lipinski definition) is 8. The maximum absolute atomic E-state index is 12.1. The fourth-order valence-electron chi connectivity index (χ4n) is 3.14. The molecule has 0 aromatic carbocycles. The predicted molar refractivity (Wildman–Crippen MR) is 92.2 cm³/mol. The van der Waals surface area contributed by atoms with Crippen LogP contribution in [0.25, 0.3) is 0 Å². The summed E-state index contributed by atoms with van der Waals surface area (Å²) in [6, 6.07) is 0. The summed E-state index contributed by atoms with van der Waals surface area (Å²) in [7, 11) is 1.60. The van der Waals surface area contributed by atoms with Gasteiger partial charge in [0.25, 0.3) is 0 Å². The molecule has 0 bridgehead atoms. The first-order valence-corrected chi connectivity index (χ1v) is 9.47. The number of ether oxygens (including phenoxy) is 1. The smallest absolute Gasteiger partial charge is 0.332 e. The third-order valence-electron chi connectivity index (χ3n) is 4.38. The molecule has 8 nitrogen and oxygen atoms in total. The van der Waals surface area contributed by atoms with Crippen LogP contribution in [0.4, 0.5) is 0 Å². The van der Waals surface area contributed by atoms with E-state index in [0.29, 0.717) is 19.7 Å². The summed E-state index contributed by atoms with van der Waals surface area (Å²) in [6.07, 6.45) is -0.765. The van der Waals surface area contributed by atoms with E-state index in [1.165, 1.54) is 23.5 Å². The summed E-state index contributed by atoms with van der Waals surface area (Å²) < 4.78 is 3.92. The van der Waals surface area contributed by atoms with Crippen molar-refractivity contribution >= 4 is 41.2 Å². The highest BCUT2D eigenvalue weighted by Crippen LogP contribution is 2.56. The highest BCUT2D eigenvalue weighted by Gasteiger charge is 2.63. The first kappa shape index (κ1) is 17.8. The number of carboxylic acid groups (broad SMARTS) is 1. The van der Waals surface area contributed by atoms with Crippen LogP contribution in [0.5, 0.6) is 0 Å². The molecule has 3 aliphatic heterocycles. The molecule has 2 fully saturated rings. The van der Waals surface area contributed by atoms with Gasteiger partial charge in [-0.15, -0.1) is 23.5 Å². The number of carbonyl (C=O) groups is 2. The number of nitrogens with one attached hydrogen (secondary N) is 1. The number of rotatable bonds is 6. The molecule has 2 saturated heterocycles. The second-order valence-corrected chi connectivity index (χ2v) is 9.41. The molecule has 5 atom stereocenters. The topological polar surface area (TPSA) is 111 Å². The minimum Gasteiger partial charge on any atom is -0.480 e. The maximum Gasteiger partial charge on any atom is 0.332 e. The molecule has 3 heterocycles. The quantitative estimate of drug-likeness (QED) is 0.529. The maximum atomic E-state index is 12.1. The predicted octanol–water partition coefficient (Wildman–Crippen LogP) is -0.571. The Labute approximate surface area is 148 Å². The number of thioether (sulfide) groups is 2. The number of carboxylic acids is 1. The molecule has 3 rings (SSSR count). The van der Waals surface area contributed by atoms with Crippen LogP contribution in [0.2, 0.25) is 0 Å². The average Bonchev–Trinajstić information content (AvgIpc) is 2.85. The number of carbonyl (C=O) groups excluding carboxylic acids is 1. The van der Waals surface area contributed by atoms with E-state index in [1.54, 1.807) is 18.9 Å². The molecule has 134 valence electrons. The van der Waals surface area contributed by atoms with Gasteiger partial charge in [-0.2, -0.15) is 0 Å². The standard InChI is InChI=1S/C14H21N3O5S2/c1-7(18)10-11(19)17-6-14(13(20)21,24-12(10)17)23-8-3-15-9(5-22-2)16-4-8/h7-8,10,12,18H,3-6H2,1-2H3,(H,15,16)(H,20,21)/t7?,10?,12-,14?/m1/s1. The van der Waals surface area contributed by atoms with E-state index in [2.05, 4.69) is 10.3 Å². The number of methoxy groups -OCH3 is 1. The van der Waals surface area contributed by atoms with Gasteiger partial charge >= 0.3 is 5.97 Å². The number of aliphatic imine (C=N–C) groups is 1. The van der Waals surface area contributed by atoms with Crippen molar-refractivity contribution in [3.63, 3.8) is 0 Å². The minimum absolute atomic E-state index is 0.00741. The fraction of sp³-hybridized carbons (Fsp3) is 0.786. The fourth-order valence-corrected chi connectivity index (χ4v) is 6.73. The molecular formula is C14H21N3O5S2. The van der Waals surface area contributed by atoms with Crippen molar-refractivity contribution in [1.82, 2.24) is 10.2 Å². The number of aliphatic hydroxyl groups excluding tert-OH is 1. The van der Waals surface area contributed by atoms with Gasteiger partial charge in [-0.1, -0.05) is 0 Å². The number of hydrogen-bond donors (Lipinski definition) is 3. The second-order valence-electron chi connectivity index (χ2n) is 6.14. The Balaban J connectivity index is 1.69. The number of aliphatic carboxylic acids is 1. The summed E-state index contributed by atoms with van der Waals surface area (Å²) in [5.74, 6) is -0.831. The minimum atomic E-state index is -1.11. The Morgan fingerprint density at radius 1 is 1.67 bits per heavy atom. The molecule has 3 aliphatic rings. The van der Waals surface area contributed by atoms with E-state index in [4.69, 9.17) is 4.74 Å². The third-order valence-corrected chi connectivity index (χ3v) is 7.76. The number of nitrogens with zero attached hydrogens (tertiary/aromatic N) is 2. The van der Waals surface area contributed by atoms with Crippen LogP contribution in [0.3, 0.4) is 0 Å². The first-order chi connectivity index (χ1) is 11.4. The molecule has 0 radical (unpaired) electrons. The van der Waals surface area contributed by atoms with Crippen LogP contribution < -0.4 is 5.32 Å². The van der Waals surface area contributed by atoms with Gasteiger partial charge in [0.15, 0.2) is 4.08 Å². The Morgan fingerprint density at radius 3 is 2.96 bits per heavy atom. The lowest BCUT2D eigenvalue weighted by Gasteiger charge is -2.42. The molecule has 10 heteroatoms. The molecular weight excluding hydrogens is 354 g/mol. The van der Waals surface area contributed by atoms with Crippen LogP contribution in [0, 0.1) is 5.92 Å². The molecule has 3 N–H and O–H groups in total. The van der Waals surface area contributed by atoms with Gasteiger partial charge in [0, 0.05) is 18.9 Å². The van der Waals surface area contributed by atoms with E-state index in [1.807, 2.05) is 0 Å². The Morgan fingerprint density at radius 2 is 2.42 bits per heavy atom. The number of amidine groups is 1. The largest absolute Gasteiger partial charge is 0.480 e. The Hall–Kier alpha value is -0.970. The molecule has 4 unspecified atom stereocenters. The van der Waals surface area contributed by atoms with Crippen LogP contribution >= 0.6 is 23.5 Å². The highest BCUT2D eigenvalue weighted by molar-refractivity contribution is 8.20. The van der Waals surface area contributed by atoms with Gasteiger partial charge in [0.1, 0.15) is 12.4 Å². The molecule has 0 aromatic rings. The van der Waals surface area contributed by atoms with E-state index in [-0.39, 0.29) is 23.1 Å². The van der Waals surface area contributed by atoms with Crippen LogP contribution in [0.15, 0.2) is 4.99 Å². The van der Waals surface area contributed by atoms with Crippen molar-refractivity contribution in [2.75, 3.05) is 33.4 Å². The normalized spacial score (nSPS) is 36.5. The SMILES string of the molecule is COCC1=NCC(SC2(C(=O)O)CN3C(=O)C(C(C)O)[C@H]3S2)CN1. The van der Waals surface area contributed by atoms with Crippen LogP contribution in [0.1, 0.15) is 6.92 Å². The summed E-state index contributed by atoms with van der Waals surface area (Å²) in [5, 5.41) is 22.4. The van der Waals surface area contributed by atoms with Crippen molar-refractivity contribution in [3.05, 3.63) is 0 Å². The lowest BCUT2D eigenvalue weighted by atomic mass is 9.93. The number of aliphatic hydroxyl groups is 1. The van der Waals surface area contributed by atoms with Crippen molar-refractivity contribution in [2.45, 2.75) is 27.7 Å². The molecule has 0 aromatic heterocycles. The summed E-state index contributed by atoms with van der Waals surface area (Å²) in [5.41, 5.74) is 0. The number of β-lactam (4-membered cyclic amide) rings is 1. The molecule has 1 amide bonds. The van der Waals surface area contributed by atoms with Crippen molar-refractivity contribution in [1.29, 1.82) is 0 Å². The summed E-state index contributed by atoms with van der Waals surface area (Å²) in [6.45, 7) is 3.28. The zero-order valence-electron chi connectivity index (χ0n) is 13.5. The van der Waals surface area contributed by atoms with E-state index in [9.17, 15) is 19.8 Å². The summed E-state index contributed by atoms with van der Waals surface area (Å²) in [4.78, 5) is 30.0. The lowest BCUT2D eigenvalue weighted by Crippen LogP contribution is -2.60. The van der Waals surface area contributed by atoms with Gasteiger partial charge in [0.2, 0.25) is 5.91 Å². The van der Waals surface area contributed by atoms with Gasteiger partial charge < -0.3 is 25.2 Å². The molecule has 0 aliphatic carbocycles. The average molecular weight is 375 g/mol. The van der Waals surface area contributed by atoms with Gasteiger partial charge in [0.05, 0.1) is 30.5 Å². The second kappa shape index (κ2) is 6.74. The van der Waals surface area contributed by atoms with Gasteiger partial charge in [-0.3, -0.25) is 9.79 Å². The molecule has 0 spiro atoms. The van der Waals surface area contributed by atoms with Crippen LogP contribution in [-0.2, 0) is 14.3 Å². The van der Waals surface area contributed by atoms with Crippen molar-refractivity contribution in [2.24, 2.45) is 10.9 Å². The lowest BCUT2D eigenvalue weighted by molar-refractivity contribution is -0.155. The van der Waals surface area contributed by atoms with Gasteiger partial charge in [-0.05, 0) is 6.92 Å². The molecule has 24 heavy (non-hydrogen) atoms. The van der Waals surface area contributed by atoms with Crippen LogP contribution in [-0.4, -0.2) is 87.0 Å². The van der Waals surface area contributed by atoms with Crippen molar-refractivity contribution < 1.29 is 24.5 Å². The number of amides is 1. The monoisotopic (exact) mass is 375 g/mol. The van der Waals surface area contributed by atoms with Gasteiger partial charge in [-0.25, -0.2) is 4.79 Å².